The van der Waals surface area contributed by atoms with Crippen molar-refractivity contribution in [3.05, 3.63) is 53.8 Å². The number of halogens is 3. The zero-order valence-electron chi connectivity index (χ0n) is 22.3. The third-order valence-electron chi connectivity index (χ3n) is 5.93. The van der Waals surface area contributed by atoms with E-state index in [4.69, 9.17) is 31.1 Å². The van der Waals surface area contributed by atoms with Gasteiger partial charge in [0.25, 0.3) is 6.73 Å². The van der Waals surface area contributed by atoms with Gasteiger partial charge in [0.2, 0.25) is 12.2 Å². The van der Waals surface area contributed by atoms with Crippen LogP contribution in [-0.2, 0) is 16.2 Å². The van der Waals surface area contributed by atoms with Gasteiger partial charge in [-0.3, -0.25) is 0 Å². The summed E-state index contributed by atoms with van der Waals surface area (Å²) in [7, 11) is 0. The number of aliphatic imine (C=N–C) groups is 1. The maximum atomic E-state index is 11.9. The number of rotatable bonds is 13. The number of pyridine rings is 1. The van der Waals surface area contributed by atoms with Crippen LogP contribution in [0.1, 0.15) is 38.5 Å². The molecule has 1 aliphatic rings. The fraction of sp³-hybridized carbons (Fsp3) is 0.481. The number of hydrogen-bond donors (Lipinski definition) is 3. The molecule has 1 saturated heterocycles. The van der Waals surface area contributed by atoms with E-state index in [-0.39, 0.29) is 31.5 Å². The van der Waals surface area contributed by atoms with E-state index >= 15 is 0 Å². The number of ether oxygens (including phenoxy) is 3. The highest BCUT2D eigenvalue weighted by atomic mass is 35.5. The molecule has 0 saturated carbocycles. The van der Waals surface area contributed by atoms with Crippen LogP contribution in [0.25, 0.3) is 0 Å². The zero-order valence-corrected chi connectivity index (χ0v) is 24.6. The van der Waals surface area contributed by atoms with E-state index in [1.165, 1.54) is 0 Å². The van der Waals surface area contributed by atoms with Gasteiger partial charge in [-0.25, -0.2) is 4.79 Å². The Morgan fingerprint density at radius 1 is 1.12 bits per heavy atom. The Bertz CT molecular complexity index is 1050. The number of aromatic nitrogens is 1. The second-order valence-electron chi connectivity index (χ2n) is 8.98. The van der Waals surface area contributed by atoms with Gasteiger partial charge < -0.3 is 42.6 Å². The molecule has 10 nitrogen and oxygen atoms in total. The van der Waals surface area contributed by atoms with E-state index in [0.29, 0.717) is 36.7 Å². The van der Waals surface area contributed by atoms with Crippen LogP contribution in [0.5, 0.6) is 5.75 Å². The molecular weight excluding hydrogens is 579 g/mol. The molecule has 1 fully saturated rings. The molecule has 220 valence electrons. The molecule has 0 aliphatic carbocycles. The van der Waals surface area contributed by atoms with Gasteiger partial charge in [0.1, 0.15) is 5.75 Å². The minimum absolute atomic E-state index is 0. The van der Waals surface area contributed by atoms with Crippen LogP contribution in [0, 0.1) is 17.4 Å². The molecule has 1 aliphatic heterocycles. The average Bonchev–Trinajstić information content (AvgIpc) is 2.94. The van der Waals surface area contributed by atoms with Crippen molar-refractivity contribution in [3.63, 3.8) is 0 Å². The number of carbonyl (C=O) groups is 1. The number of piperidine rings is 1. The molecule has 13 heteroatoms. The van der Waals surface area contributed by atoms with Gasteiger partial charge in [0.15, 0.2) is 12.4 Å². The Kier molecular flexibility index (Phi) is 18.3. The highest BCUT2D eigenvalue weighted by molar-refractivity contribution is 6.30. The molecule has 3 rings (SSSR count). The van der Waals surface area contributed by atoms with Crippen molar-refractivity contribution in [1.82, 2.24) is 10.6 Å². The molecular formula is C27H37Cl3N6O4. The van der Waals surface area contributed by atoms with Crippen molar-refractivity contribution < 1.29 is 36.0 Å². The Hall–Kier alpha value is -2.97. The molecule has 2 heterocycles. The predicted molar refractivity (Wildman–Crippen MR) is 152 cm³/mol. The van der Waals surface area contributed by atoms with E-state index in [1.807, 2.05) is 30.5 Å². The van der Waals surface area contributed by atoms with E-state index < -0.39 is 6.16 Å². The minimum atomic E-state index is -0.674. The molecule has 1 unspecified atom stereocenters. The number of unbranched alkanes of at least 4 members (excludes halogenated alkanes) is 3. The summed E-state index contributed by atoms with van der Waals surface area (Å²) in [5, 5.41) is 19.3. The summed E-state index contributed by atoms with van der Waals surface area (Å²) in [6.07, 6.45) is 10.8. The van der Waals surface area contributed by atoms with Crippen molar-refractivity contribution in [2.45, 2.75) is 45.3 Å². The number of nitrogens with zero attached hydrogens (tertiary/aromatic N) is 3. The van der Waals surface area contributed by atoms with Crippen LogP contribution in [0.15, 0.2) is 53.8 Å². The summed E-state index contributed by atoms with van der Waals surface area (Å²) in [6.45, 7) is 3.65. The van der Waals surface area contributed by atoms with E-state index in [9.17, 15) is 4.79 Å². The number of nitriles is 1. The van der Waals surface area contributed by atoms with Gasteiger partial charge in [-0.1, -0.05) is 24.4 Å². The smallest absolute Gasteiger partial charge is 0.513 e. The molecule has 0 bridgehead atoms. The van der Waals surface area contributed by atoms with Crippen LogP contribution < -0.4 is 37.7 Å². The van der Waals surface area contributed by atoms with E-state index in [1.54, 1.807) is 29.1 Å². The summed E-state index contributed by atoms with van der Waals surface area (Å²) < 4.78 is 17.8. The number of carbonyl (C=O) groups excluding carboxylic acids is 1. The Labute approximate surface area is 253 Å². The topological polar surface area (TPSA) is 121 Å². The van der Waals surface area contributed by atoms with Crippen LogP contribution in [0.2, 0.25) is 5.02 Å². The molecule has 0 spiro atoms. The highest BCUT2D eigenvalue weighted by Gasteiger charge is 2.16. The van der Waals surface area contributed by atoms with Crippen molar-refractivity contribution in [3.8, 4) is 11.9 Å². The fourth-order valence-corrected chi connectivity index (χ4v) is 3.98. The number of guanidine groups is 1. The van der Waals surface area contributed by atoms with Gasteiger partial charge in [0, 0.05) is 36.2 Å². The minimum Gasteiger partial charge on any atom is -1.00 e. The summed E-state index contributed by atoms with van der Waals surface area (Å²) in [5.41, 5.74) is 0.745. The second kappa shape index (κ2) is 20.9. The Morgan fingerprint density at radius 2 is 1.88 bits per heavy atom. The SMILES string of the molecule is Cl.N#CN=C(NCCCCCCOc1ccc(Cl)cc1)Nc1cc[n+](COC(=O)OCC2CCCNC2)cc1.[Cl-]. The molecule has 3 N–H and O–H groups in total. The van der Waals surface area contributed by atoms with Crippen LogP contribution >= 0.6 is 24.0 Å². The van der Waals surface area contributed by atoms with Gasteiger partial charge in [-0.05, 0) is 56.5 Å². The number of nitrogens with one attached hydrogen (secondary N) is 3. The Morgan fingerprint density at radius 3 is 2.58 bits per heavy atom. The van der Waals surface area contributed by atoms with Gasteiger partial charge >= 0.3 is 6.16 Å². The zero-order chi connectivity index (χ0) is 26.8. The number of benzene rings is 1. The summed E-state index contributed by atoms with van der Waals surface area (Å²) in [4.78, 5) is 15.7. The molecule has 2 aromatic rings. The third kappa shape index (κ3) is 14.4. The van der Waals surface area contributed by atoms with Crippen LogP contribution in [0.4, 0.5) is 10.5 Å². The number of anilines is 1. The molecule has 1 aromatic heterocycles. The molecule has 0 amide bonds. The molecule has 1 aromatic carbocycles. The van der Waals surface area contributed by atoms with Crippen LogP contribution in [0.3, 0.4) is 0 Å². The normalized spacial score (nSPS) is 14.5. The van der Waals surface area contributed by atoms with Gasteiger partial charge in [-0.15, -0.1) is 17.4 Å². The quantitative estimate of drug-likeness (QED) is 0.0777. The fourth-order valence-electron chi connectivity index (χ4n) is 3.85. The maximum Gasteiger partial charge on any atom is 0.513 e. The standard InChI is InChI=1S/C27H35ClN6O4.2ClH/c28-23-7-9-25(10-8-23)36-17-4-2-1-3-14-31-26(32-20-29)33-24-11-15-34(16-12-24)21-38-27(35)37-19-22-6-5-13-30-18-22;;/h7-12,15-16,22,30H,1-6,13-14,17-19,21H2,(H,31,32);2*1H. The number of hydrogen-bond acceptors (Lipinski definition) is 7. The highest BCUT2D eigenvalue weighted by Crippen LogP contribution is 2.16. The van der Waals surface area contributed by atoms with Crippen molar-refractivity contribution >= 4 is 41.8 Å². The summed E-state index contributed by atoms with van der Waals surface area (Å²) in [5.74, 6) is 1.55. The summed E-state index contributed by atoms with van der Waals surface area (Å²) in [6, 6.07) is 11.0. The molecule has 1 atom stereocenters. The predicted octanol–water partition coefficient (Wildman–Crippen LogP) is 1.64. The average molecular weight is 616 g/mol. The first-order valence-electron chi connectivity index (χ1n) is 13.0. The Balaban J connectivity index is 0.00000400. The first-order chi connectivity index (χ1) is 18.6. The largest absolute Gasteiger partial charge is 1.00 e. The van der Waals surface area contributed by atoms with Crippen molar-refractivity contribution in [2.75, 3.05) is 38.2 Å². The monoisotopic (exact) mass is 614 g/mol. The lowest BCUT2D eigenvalue weighted by Crippen LogP contribution is -3.00. The molecule has 40 heavy (non-hydrogen) atoms. The lowest BCUT2D eigenvalue weighted by Gasteiger charge is -2.21. The van der Waals surface area contributed by atoms with Crippen LogP contribution in [-0.4, -0.2) is 45.0 Å². The second-order valence-corrected chi connectivity index (χ2v) is 9.41. The van der Waals surface area contributed by atoms with E-state index in [0.717, 1.165) is 63.1 Å². The lowest BCUT2D eigenvalue weighted by atomic mass is 10.0. The van der Waals surface area contributed by atoms with E-state index in [2.05, 4.69) is 20.9 Å². The van der Waals surface area contributed by atoms with Crippen molar-refractivity contribution in [1.29, 1.82) is 5.26 Å². The summed E-state index contributed by atoms with van der Waals surface area (Å²) >= 11 is 5.87. The van der Waals surface area contributed by atoms with Gasteiger partial charge in [0.05, 0.1) is 18.9 Å². The first-order valence-corrected chi connectivity index (χ1v) is 13.4. The maximum absolute atomic E-state index is 11.9. The van der Waals surface area contributed by atoms with Crippen molar-refractivity contribution in [2.24, 2.45) is 10.9 Å². The third-order valence-corrected chi connectivity index (χ3v) is 6.18. The molecule has 0 radical (unpaired) electrons. The van der Waals surface area contributed by atoms with Gasteiger partial charge in [-0.2, -0.15) is 9.83 Å². The lowest BCUT2D eigenvalue weighted by molar-refractivity contribution is -0.727. The first kappa shape index (κ1) is 35.1.